The number of aromatic amines is 1. The number of halogens is 2. The minimum atomic E-state index is -0.599. The highest BCUT2D eigenvalue weighted by molar-refractivity contribution is 6.40. The number of hydrogen-bond acceptors (Lipinski definition) is 7. The molecule has 13 heteroatoms. The molecule has 0 aliphatic carbocycles. The Balaban J connectivity index is 1.53. The van der Waals surface area contributed by atoms with Crippen LogP contribution in [0.3, 0.4) is 0 Å². The van der Waals surface area contributed by atoms with Crippen molar-refractivity contribution in [3.63, 3.8) is 0 Å². The number of nitrogens with zero attached hydrogens (tertiary/aromatic N) is 2. The molecule has 3 amide bonds. The van der Waals surface area contributed by atoms with Crippen molar-refractivity contribution >= 4 is 52.8 Å². The molecule has 1 aromatic heterocycles. The van der Waals surface area contributed by atoms with Gasteiger partial charge in [-0.25, -0.2) is 4.79 Å². The third-order valence-electron chi connectivity index (χ3n) is 4.84. The van der Waals surface area contributed by atoms with Gasteiger partial charge in [0, 0.05) is 26.1 Å². The van der Waals surface area contributed by atoms with E-state index in [0.717, 1.165) is 0 Å². The van der Waals surface area contributed by atoms with Gasteiger partial charge in [-0.1, -0.05) is 29.3 Å². The van der Waals surface area contributed by atoms with Gasteiger partial charge in [0.05, 0.1) is 27.5 Å². The SMILES string of the molecule is CC(=O)OCOC(=O)N1CCC(NC(=O)c2[nH]ncc2NC(=O)c2c(Cl)cccc2Cl)CC1. The molecule has 0 radical (unpaired) electrons. The van der Waals surface area contributed by atoms with E-state index < -0.39 is 30.7 Å². The van der Waals surface area contributed by atoms with E-state index in [1.807, 2.05) is 0 Å². The number of esters is 1. The van der Waals surface area contributed by atoms with Crippen molar-refractivity contribution in [2.24, 2.45) is 0 Å². The van der Waals surface area contributed by atoms with Gasteiger partial charge in [-0.05, 0) is 25.0 Å². The number of nitrogens with one attached hydrogen (secondary N) is 3. The summed E-state index contributed by atoms with van der Waals surface area (Å²) in [6, 6.07) is 4.47. The Hall–Kier alpha value is -3.31. The first kappa shape index (κ1) is 24.3. The zero-order valence-corrected chi connectivity index (χ0v) is 19.0. The average molecular weight is 498 g/mol. The maximum absolute atomic E-state index is 12.7. The summed E-state index contributed by atoms with van der Waals surface area (Å²) in [6.45, 7) is 1.46. The summed E-state index contributed by atoms with van der Waals surface area (Å²) in [7, 11) is 0. The summed E-state index contributed by atoms with van der Waals surface area (Å²) in [5, 5.41) is 12.2. The number of amides is 3. The van der Waals surface area contributed by atoms with Crippen molar-refractivity contribution in [3.8, 4) is 0 Å². The van der Waals surface area contributed by atoms with Crippen LogP contribution in [0.4, 0.5) is 10.5 Å². The average Bonchev–Trinajstić information content (AvgIpc) is 3.22. The van der Waals surface area contributed by atoms with E-state index in [1.165, 1.54) is 30.2 Å². The maximum Gasteiger partial charge on any atom is 0.412 e. The first-order valence-corrected chi connectivity index (χ1v) is 10.7. The van der Waals surface area contributed by atoms with Gasteiger partial charge in [-0.3, -0.25) is 19.5 Å². The molecule has 0 saturated carbocycles. The molecular formula is C20H21Cl2N5O6. The van der Waals surface area contributed by atoms with Gasteiger partial charge in [-0.15, -0.1) is 0 Å². The van der Waals surface area contributed by atoms with Gasteiger partial charge in [0.15, 0.2) is 0 Å². The van der Waals surface area contributed by atoms with E-state index in [2.05, 4.69) is 25.6 Å². The normalized spacial score (nSPS) is 13.8. The van der Waals surface area contributed by atoms with Gasteiger partial charge < -0.3 is 25.0 Å². The Morgan fingerprint density at radius 2 is 1.79 bits per heavy atom. The summed E-state index contributed by atoms with van der Waals surface area (Å²) in [5.41, 5.74) is 0.316. The number of aromatic nitrogens is 2. The zero-order chi connectivity index (χ0) is 24.0. The molecule has 11 nitrogen and oxygen atoms in total. The molecule has 0 unspecified atom stereocenters. The molecule has 33 heavy (non-hydrogen) atoms. The molecule has 1 fully saturated rings. The molecule has 176 valence electrons. The molecular weight excluding hydrogens is 477 g/mol. The van der Waals surface area contributed by atoms with Crippen LogP contribution in [-0.4, -0.2) is 64.9 Å². The van der Waals surface area contributed by atoms with Crippen LogP contribution in [0, 0.1) is 0 Å². The predicted octanol–water partition coefficient (Wildman–Crippen LogP) is 2.82. The van der Waals surface area contributed by atoms with E-state index in [4.69, 9.17) is 27.9 Å². The number of carbonyl (C=O) groups is 4. The third kappa shape index (κ3) is 6.36. The number of anilines is 1. The number of H-pyrrole nitrogens is 1. The fraction of sp³-hybridized carbons (Fsp3) is 0.350. The van der Waals surface area contributed by atoms with Gasteiger partial charge in [-0.2, -0.15) is 5.10 Å². The second-order valence-electron chi connectivity index (χ2n) is 7.11. The van der Waals surface area contributed by atoms with E-state index in [0.29, 0.717) is 25.9 Å². The van der Waals surface area contributed by atoms with Crippen LogP contribution in [-0.2, 0) is 14.3 Å². The van der Waals surface area contributed by atoms with Gasteiger partial charge >= 0.3 is 12.1 Å². The Morgan fingerprint density at radius 1 is 1.12 bits per heavy atom. The first-order valence-electron chi connectivity index (χ1n) is 9.91. The highest BCUT2D eigenvalue weighted by atomic mass is 35.5. The third-order valence-corrected chi connectivity index (χ3v) is 5.47. The standard InChI is InChI=1S/C20H21Cl2N5O6/c1-11(28)32-10-33-20(31)27-7-5-12(6-8-27)24-19(30)17-15(9-23-26-17)25-18(29)16-13(21)3-2-4-14(16)22/h2-4,9,12H,5-8,10H2,1H3,(H,23,26)(H,24,30)(H,25,29). The molecule has 1 aliphatic rings. The van der Waals surface area contributed by atoms with Gasteiger partial charge in [0.2, 0.25) is 6.79 Å². The fourth-order valence-corrected chi connectivity index (χ4v) is 3.74. The summed E-state index contributed by atoms with van der Waals surface area (Å²) < 4.78 is 9.44. The lowest BCUT2D eigenvalue weighted by Crippen LogP contribution is -2.47. The number of hydrogen-bond donors (Lipinski definition) is 3. The molecule has 1 saturated heterocycles. The molecule has 2 aromatic rings. The number of carbonyl (C=O) groups excluding carboxylic acids is 4. The van der Waals surface area contributed by atoms with Crippen molar-refractivity contribution in [2.75, 3.05) is 25.2 Å². The summed E-state index contributed by atoms with van der Waals surface area (Å²) in [5.74, 6) is -1.60. The first-order chi connectivity index (χ1) is 15.8. The van der Waals surface area contributed by atoms with Crippen molar-refractivity contribution < 1.29 is 28.7 Å². The number of likely N-dealkylation sites (tertiary alicyclic amines) is 1. The Labute approximate surface area is 198 Å². The highest BCUT2D eigenvalue weighted by Crippen LogP contribution is 2.26. The van der Waals surface area contributed by atoms with Gasteiger partial charge in [0.1, 0.15) is 5.69 Å². The van der Waals surface area contributed by atoms with Crippen LogP contribution in [0.15, 0.2) is 24.4 Å². The minimum Gasteiger partial charge on any atom is -0.428 e. The van der Waals surface area contributed by atoms with Crippen molar-refractivity contribution in [1.82, 2.24) is 20.4 Å². The fourth-order valence-electron chi connectivity index (χ4n) is 3.17. The van der Waals surface area contributed by atoms with Crippen LogP contribution >= 0.6 is 23.2 Å². The lowest BCUT2D eigenvalue weighted by Gasteiger charge is -2.31. The van der Waals surface area contributed by atoms with Crippen molar-refractivity contribution in [2.45, 2.75) is 25.8 Å². The molecule has 3 N–H and O–H groups in total. The maximum atomic E-state index is 12.7. The van der Waals surface area contributed by atoms with Crippen LogP contribution < -0.4 is 10.6 Å². The predicted molar refractivity (Wildman–Crippen MR) is 118 cm³/mol. The summed E-state index contributed by atoms with van der Waals surface area (Å²) >= 11 is 12.1. The number of rotatable bonds is 6. The molecule has 1 aliphatic heterocycles. The van der Waals surface area contributed by atoms with E-state index in [1.54, 1.807) is 6.07 Å². The van der Waals surface area contributed by atoms with E-state index in [-0.39, 0.29) is 33.0 Å². The molecule has 0 bridgehead atoms. The minimum absolute atomic E-state index is 0.0646. The Kier molecular flexibility index (Phi) is 8.12. The lowest BCUT2D eigenvalue weighted by atomic mass is 10.1. The topological polar surface area (TPSA) is 143 Å². The van der Waals surface area contributed by atoms with Crippen LogP contribution in [0.1, 0.15) is 40.6 Å². The summed E-state index contributed by atoms with van der Waals surface area (Å²) in [4.78, 5) is 49.5. The van der Waals surface area contributed by atoms with E-state index in [9.17, 15) is 19.2 Å². The number of ether oxygens (including phenoxy) is 2. The van der Waals surface area contributed by atoms with E-state index >= 15 is 0 Å². The quantitative estimate of drug-likeness (QED) is 0.411. The van der Waals surface area contributed by atoms with Crippen LogP contribution in [0.5, 0.6) is 0 Å². The molecule has 1 aromatic carbocycles. The van der Waals surface area contributed by atoms with Crippen molar-refractivity contribution in [1.29, 1.82) is 0 Å². The zero-order valence-electron chi connectivity index (χ0n) is 17.5. The molecule has 3 rings (SSSR count). The van der Waals surface area contributed by atoms with Crippen molar-refractivity contribution in [3.05, 3.63) is 45.7 Å². The smallest absolute Gasteiger partial charge is 0.412 e. The lowest BCUT2D eigenvalue weighted by molar-refractivity contribution is -0.149. The van der Waals surface area contributed by atoms with Crippen LogP contribution in [0.25, 0.3) is 0 Å². The second kappa shape index (κ2) is 11.0. The number of benzene rings is 1. The molecule has 2 heterocycles. The second-order valence-corrected chi connectivity index (χ2v) is 7.92. The monoisotopic (exact) mass is 497 g/mol. The summed E-state index contributed by atoms with van der Waals surface area (Å²) in [6.07, 6.45) is 1.68. The van der Waals surface area contributed by atoms with Gasteiger partial charge in [0.25, 0.3) is 11.8 Å². The Bertz CT molecular complexity index is 1030. The molecule has 0 spiro atoms. The highest BCUT2D eigenvalue weighted by Gasteiger charge is 2.27. The molecule has 0 atom stereocenters. The Morgan fingerprint density at radius 3 is 2.42 bits per heavy atom. The number of piperidine rings is 1. The van der Waals surface area contributed by atoms with Crippen LogP contribution in [0.2, 0.25) is 10.0 Å². The largest absolute Gasteiger partial charge is 0.428 e.